The van der Waals surface area contributed by atoms with Crippen LogP contribution >= 0.6 is 23.2 Å². The molecule has 2 aromatic carbocycles. The van der Waals surface area contributed by atoms with Gasteiger partial charge in [-0.1, -0.05) is 41.4 Å². The second-order valence-corrected chi connectivity index (χ2v) is 6.89. The molecule has 0 atom stereocenters. The van der Waals surface area contributed by atoms with Crippen molar-refractivity contribution in [2.24, 2.45) is 0 Å². The van der Waals surface area contributed by atoms with E-state index in [0.29, 0.717) is 27.9 Å². The maximum absolute atomic E-state index is 12.7. The lowest BCUT2D eigenvalue weighted by molar-refractivity contribution is 0.102. The number of anilines is 1. The first-order valence-electron chi connectivity index (χ1n) is 8.28. The summed E-state index contributed by atoms with van der Waals surface area (Å²) in [7, 11) is 0. The molecule has 0 aliphatic rings. The smallest absolute Gasteiger partial charge is 0.258 e. The Bertz CT molecular complexity index is 1110. The Morgan fingerprint density at radius 2 is 1.89 bits per heavy atom. The van der Waals surface area contributed by atoms with E-state index in [1.165, 1.54) is 0 Å². The van der Waals surface area contributed by atoms with E-state index >= 15 is 0 Å². The van der Waals surface area contributed by atoms with Crippen LogP contribution < -0.4 is 5.32 Å². The van der Waals surface area contributed by atoms with Gasteiger partial charge in [-0.2, -0.15) is 5.10 Å². The molecule has 0 aliphatic carbocycles. The molecule has 1 amide bonds. The molecule has 0 bridgehead atoms. The highest BCUT2D eigenvalue weighted by Crippen LogP contribution is 2.33. The number of para-hydroxylation sites is 1. The molecule has 5 nitrogen and oxygen atoms in total. The van der Waals surface area contributed by atoms with Crippen molar-refractivity contribution in [2.45, 2.75) is 13.5 Å². The summed E-state index contributed by atoms with van der Waals surface area (Å²) in [5.41, 5.74) is 2.41. The van der Waals surface area contributed by atoms with Crippen molar-refractivity contribution >= 4 is 45.8 Å². The highest BCUT2D eigenvalue weighted by molar-refractivity contribution is 6.40. The molecule has 27 heavy (non-hydrogen) atoms. The molecule has 1 N–H and O–H groups in total. The third-order valence-electron chi connectivity index (χ3n) is 4.34. The zero-order chi connectivity index (χ0) is 19.0. The molecule has 2 aromatic heterocycles. The molecule has 0 radical (unpaired) electrons. The molecular weight excluding hydrogens is 385 g/mol. The van der Waals surface area contributed by atoms with Gasteiger partial charge in [0.25, 0.3) is 5.91 Å². The van der Waals surface area contributed by atoms with E-state index < -0.39 is 0 Å². The Labute approximate surface area is 165 Å². The maximum atomic E-state index is 12.7. The van der Waals surface area contributed by atoms with Crippen LogP contribution in [0.5, 0.6) is 0 Å². The molecule has 7 heteroatoms. The number of carbonyl (C=O) groups is 1. The number of rotatable bonds is 4. The normalized spacial score (nSPS) is 11.1. The third-order valence-corrected chi connectivity index (χ3v) is 4.97. The van der Waals surface area contributed by atoms with Crippen molar-refractivity contribution in [1.82, 2.24) is 9.78 Å². The Balaban J connectivity index is 1.72. The van der Waals surface area contributed by atoms with Crippen molar-refractivity contribution in [3.05, 3.63) is 81.8 Å². The number of benzene rings is 2. The molecule has 4 rings (SSSR count). The summed E-state index contributed by atoms with van der Waals surface area (Å²) in [6.45, 7) is 2.48. The molecule has 0 aliphatic heterocycles. The predicted octanol–water partition coefficient (Wildman–Crippen LogP) is 5.55. The van der Waals surface area contributed by atoms with Gasteiger partial charge in [-0.05, 0) is 31.2 Å². The van der Waals surface area contributed by atoms with Crippen LogP contribution in [0.25, 0.3) is 11.0 Å². The van der Waals surface area contributed by atoms with Crippen molar-refractivity contribution in [2.75, 3.05) is 5.32 Å². The average Bonchev–Trinajstić information content (AvgIpc) is 3.24. The third kappa shape index (κ3) is 3.31. The maximum Gasteiger partial charge on any atom is 0.258 e. The second-order valence-electron chi connectivity index (χ2n) is 6.07. The van der Waals surface area contributed by atoms with E-state index in [2.05, 4.69) is 10.4 Å². The number of halogens is 2. The van der Waals surface area contributed by atoms with Crippen LogP contribution in [0.3, 0.4) is 0 Å². The highest BCUT2D eigenvalue weighted by atomic mass is 35.5. The van der Waals surface area contributed by atoms with Crippen LogP contribution in [-0.2, 0) is 6.54 Å². The first kappa shape index (κ1) is 17.6. The van der Waals surface area contributed by atoms with E-state index in [-0.39, 0.29) is 11.5 Å². The number of aromatic nitrogens is 2. The zero-order valence-corrected chi connectivity index (χ0v) is 15.9. The predicted molar refractivity (Wildman–Crippen MR) is 107 cm³/mol. The largest absolute Gasteiger partial charge is 0.459 e. The highest BCUT2D eigenvalue weighted by Gasteiger charge is 2.19. The Kier molecular flexibility index (Phi) is 4.64. The van der Waals surface area contributed by atoms with Crippen molar-refractivity contribution in [3.8, 4) is 0 Å². The van der Waals surface area contributed by atoms with Crippen molar-refractivity contribution in [3.63, 3.8) is 0 Å². The molecule has 4 aromatic rings. The van der Waals surface area contributed by atoms with Gasteiger partial charge in [-0.25, -0.2) is 0 Å². The summed E-state index contributed by atoms with van der Waals surface area (Å²) < 4.78 is 7.78. The number of amides is 1. The van der Waals surface area contributed by atoms with Crippen molar-refractivity contribution in [1.29, 1.82) is 0 Å². The van der Waals surface area contributed by atoms with E-state index in [4.69, 9.17) is 27.6 Å². The number of hydrogen-bond donors (Lipinski definition) is 1. The van der Waals surface area contributed by atoms with Gasteiger partial charge >= 0.3 is 0 Å². The molecule has 0 saturated heterocycles. The second kappa shape index (κ2) is 7.10. The van der Waals surface area contributed by atoms with E-state index in [0.717, 1.165) is 16.7 Å². The SMILES string of the molecule is Cc1oc2c(NC(=O)c3c(Cl)cccc3Cl)cccc2c1Cn1cccn1. The number of hydrogen-bond acceptors (Lipinski definition) is 3. The lowest BCUT2D eigenvalue weighted by Gasteiger charge is -2.09. The Morgan fingerprint density at radius 3 is 2.59 bits per heavy atom. The van der Waals surface area contributed by atoms with Crippen LogP contribution in [0.1, 0.15) is 21.7 Å². The lowest BCUT2D eigenvalue weighted by Crippen LogP contribution is -2.13. The lowest BCUT2D eigenvalue weighted by atomic mass is 10.1. The van der Waals surface area contributed by atoms with Crippen LogP contribution in [0.4, 0.5) is 5.69 Å². The standard InChI is InChI=1S/C20H15Cl2N3O2/c1-12-14(11-25-10-4-9-23-25)13-5-2-8-17(19(13)27-12)24-20(26)18-15(21)6-3-7-16(18)22/h2-10H,11H2,1H3,(H,24,26). The fraction of sp³-hybridized carbons (Fsp3) is 0.100. The van der Waals surface area contributed by atoms with Gasteiger partial charge in [-0.3, -0.25) is 9.48 Å². The van der Waals surface area contributed by atoms with Gasteiger partial charge in [0.2, 0.25) is 0 Å². The Hall–Kier alpha value is -2.76. The first-order valence-corrected chi connectivity index (χ1v) is 9.04. The monoisotopic (exact) mass is 399 g/mol. The number of fused-ring (bicyclic) bond motifs is 1. The van der Waals surface area contributed by atoms with E-state index in [1.54, 1.807) is 30.5 Å². The summed E-state index contributed by atoms with van der Waals surface area (Å²) in [5, 5.41) is 8.61. The molecule has 2 heterocycles. The quantitative estimate of drug-likeness (QED) is 0.489. The number of furan rings is 1. The number of carbonyl (C=O) groups excluding carboxylic acids is 1. The van der Waals surface area contributed by atoms with E-state index in [1.807, 2.05) is 36.0 Å². The van der Waals surface area contributed by atoms with Crippen LogP contribution in [0.15, 0.2) is 59.3 Å². The molecule has 0 saturated carbocycles. The minimum atomic E-state index is -0.388. The van der Waals surface area contributed by atoms with Crippen molar-refractivity contribution < 1.29 is 9.21 Å². The minimum absolute atomic E-state index is 0.234. The van der Waals surface area contributed by atoms with Gasteiger partial charge in [0.05, 0.1) is 27.8 Å². The Morgan fingerprint density at radius 1 is 1.15 bits per heavy atom. The molecule has 0 spiro atoms. The van der Waals surface area contributed by atoms with Crippen LogP contribution in [-0.4, -0.2) is 15.7 Å². The van der Waals surface area contributed by atoms with Crippen LogP contribution in [0.2, 0.25) is 10.0 Å². The number of nitrogens with zero attached hydrogens (tertiary/aromatic N) is 2. The topological polar surface area (TPSA) is 60.1 Å². The fourth-order valence-electron chi connectivity index (χ4n) is 3.04. The number of nitrogens with one attached hydrogen (secondary N) is 1. The zero-order valence-electron chi connectivity index (χ0n) is 14.4. The van der Waals surface area contributed by atoms with Crippen LogP contribution in [0, 0.1) is 6.92 Å². The van der Waals surface area contributed by atoms with Gasteiger partial charge in [0.1, 0.15) is 5.76 Å². The van der Waals surface area contributed by atoms with E-state index in [9.17, 15) is 4.79 Å². The molecular formula is C20H15Cl2N3O2. The average molecular weight is 400 g/mol. The summed E-state index contributed by atoms with van der Waals surface area (Å²) in [4.78, 5) is 12.7. The van der Waals surface area contributed by atoms with Gasteiger partial charge < -0.3 is 9.73 Å². The molecule has 136 valence electrons. The summed E-state index contributed by atoms with van der Waals surface area (Å²) in [6.07, 6.45) is 3.62. The van der Waals surface area contributed by atoms with Gasteiger partial charge in [-0.15, -0.1) is 0 Å². The minimum Gasteiger partial charge on any atom is -0.459 e. The van der Waals surface area contributed by atoms with Gasteiger partial charge in [0, 0.05) is 23.3 Å². The van der Waals surface area contributed by atoms with Gasteiger partial charge in [0.15, 0.2) is 5.58 Å². The summed E-state index contributed by atoms with van der Waals surface area (Å²) in [5.74, 6) is 0.388. The molecule has 0 unspecified atom stereocenters. The first-order chi connectivity index (χ1) is 13.0. The summed E-state index contributed by atoms with van der Waals surface area (Å²) >= 11 is 12.3. The number of aryl methyl sites for hydroxylation is 1. The molecule has 0 fully saturated rings. The fourth-order valence-corrected chi connectivity index (χ4v) is 3.61. The summed E-state index contributed by atoms with van der Waals surface area (Å²) in [6, 6.07) is 12.4.